The van der Waals surface area contributed by atoms with E-state index in [1.54, 1.807) is 19.1 Å². The third-order valence-corrected chi connectivity index (χ3v) is 4.44. The molecule has 0 amide bonds. The largest absolute Gasteiger partial charge is 0.489 e. The first-order valence-corrected chi connectivity index (χ1v) is 9.89. The van der Waals surface area contributed by atoms with Gasteiger partial charge in [0.15, 0.2) is 0 Å². The molecule has 7 nitrogen and oxygen atoms in total. The first kappa shape index (κ1) is 21.7. The molecule has 0 aliphatic heterocycles. The Labute approximate surface area is 180 Å². The Morgan fingerprint density at radius 3 is 2.03 bits per heavy atom. The third kappa shape index (κ3) is 6.26. The van der Waals surface area contributed by atoms with Gasteiger partial charge in [-0.1, -0.05) is 65.8 Å². The molecule has 0 unspecified atom stereocenters. The first-order valence-electron chi connectivity index (χ1n) is 9.89. The molecule has 0 heterocycles. The molecule has 7 heteroatoms. The number of carbonyl (C=O) groups excluding carboxylic acids is 1. The zero-order valence-corrected chi connectivity index (χ0v) is 17.2. The van der Waals surface area contributed by atoms with Crippen LogP contribution in [0.1, 0.15) is 34.0 Å². The predicted molar refractivity (Wildman–Crippen MR) is 117 cm³/mol. The summed E-state index contributed by atoms with van der Waals surface area (Å²) < 4.78 is 17.1. The van der Waals surface area contributed by atoms with Crippen molar-refractivity contribution < 1.29 is 19.0 Å². The predicted octanol–water partition coefficient (Wildman–Crippen LogP) is 5.83. The number of carbonyl (C=O) groups is 1. The summed E-state index contributed by atoms with van der Waals surface area (Å²) in [7, 11) is 0. The highest BCUT2D eigenvalue weighted by Gasteiger charge is 2.19. The molecule has 3 rings (SSSR count). The molecular weight excluding hydrogens is 394 g/mol. The van der Waals surface area contributed by atoms with E-state index in [0.717, 1.165) is 11.1 Å². The Morgan fingerprint density at radius 2 is 1.48 bits per heavy atom. The van der Waals surface area contributed by atoms with Gasteiger partial charge in [-0.3, -0.25) is 0 Å². The van der Waals surface area contributed by atoms with Crippen LogP contribution in [0.25, 0.3) is 10.4 Å². The van der Waals surface area contributed by atoms with Gasteiger partial charge in [-0.05, 0) is 35.7 Å². The number of hydrogen-bond donors (Lipinski definition) is 0. The Balaban J connectivity index is 1.93. The molecule has 0 N–H and O–H groups in total. The molecule has 0 radical (unpaired) electrons. The fourth-order valence-electron chi connectivity index (χ4n) is 2.93. The van der Waals surface area contributed by atoms with Gasteiger partial charge >= 0.3 is 5.97 Å². The maximum absolute atomic E-state index is 12.6. The topological polar surface area (TPSA) is 93.5 Å². The minimum atomic E-state index is -0.509. The van der Waals surface area contributed by atoms with Crippen LogP contribution in [0, 0.1) is 0 Å². The molecular formula is C24H23N3O4. The average molecular weight is 417 g/mol. The van der Waals surface area contributed by atoms with Crippen molar-refractivity contribution in [1.82, 2.24) is 0 Å². The molecule has 0 spiro atoms. The van der Waals surface area contributed by atoms with Gasteiger partial charge in [0.1, 0.15) is 30.3 Å². The molecule has 3 aromatic carbocycles. The van der Waals surface area contributed by atoms with Crippen LogP contribution in [0.3, 0.4) is 0 Å². The van der Waals surface area contributed by atoms with Crippen molar-refractivity contribution in [2.75, 3.05) is 6.61 Å². The summed E-state index contributed by atoms with van der Waals surface area (Å²) in [6.45, 7) is 2.61. The molecule has 0 saturated heterocycles. The van der Waals surface area contributed by atoms with E-state index >= 15 is 0 Å². The average Bonchev–Trinajstić information content (AvgIpc) is 2.81. The van der Waals surface area contributed by atoms with E-state index in [-0.39, 0.29) is 25.3 Å². The van der Waals surface area contributed by atoms with Gasteiger partial charge in [0, 0.05) is 10.5 Å². The van der Waals surface area contributed by atoms with Crippen LogP contribution in [-0.4, -0.2) is 12.6 Å². The molecule has 3 aromatic rings. The number of ether oxygens (including phenoxy) is 3. The quantitative estimate of drug-likeness (QED) is 0.179. The summed E-state index contributed by atoms with van der Waals surface area (Å²) in [4.78, 5) is 15.4. The van der Waals surface area contributed by atoms with E-state index in [0.29, 0.717) is 23.7 Å². The Kier molecular flexibility index (Phi) is 7.91. The van der Waals surface area contributed by atoms with Crippen LogP contribution in [0.2, 0.25) is 0 Å². The van der Waals surface area contributed by atoms with Crippen molar-refractivity contribution in [1.29, 1.82) is 0 Å². The minimum absolute atomic E-state index is 0.0609. The van der Waals surface area contributed by atoms with Crippen molar-refractivity contribution in [3.8, 4) is 11.5 Å². The molecule has 0 aliphatic carbocycles. The highest BCUT2D eigenvalue weighted by Crippen LogP contribution is 2.32. The number of azide groups is 1. The third-order valence-electron chi connectivity index (χ3n) is 4.44. The summed E-state index contributed by atoms with van der Waals surface area (Å²) in [5.74, 6) is 0.273. The highest BCUT2D eigenvalue weighted by molar-refractivity contribution is 5.93. The van der Waals surface area contributed by atoms with E-state index in [1.165, 1.54) is 0 Å². The van der Waals surface area contributed by atoms with E-state index < -0.39 is 5.97 Å². The summed E-state index contributed by atoms with van der Waals surface area (Å²) >= 11 is 0. The van der Waals surface area contributed by atoms with Crippen LogP contribution in [0.5, 0.6) is 11.5 Å². The molecule has 158 valence electrons. The van der Waals surface area contributed by atoms with E-state index in [1.807, 2.05) is 60.7 Å². The van der Waals surface area contributed by atoms with Gasteiger partial charge in [0.2, 0.25) is 0 Å². The van der Waals surface area contributed by atoms with Crippen molar-refractivity contribution in [3.63, 3.8) is 0 Å². The fraction of sp³-hybridized carbons (Fsp3) is 0.208. The van der Waals surface area contributed by atoms with Gasteiger partial charge in [0.05, 0.1) is 13.2 Å². The minimum Gasteiger partial charge on any atom is -0.489 e. The van der Waals surface area contributed by atoms with Gasteiger partial charge in [-0.25, -0.2) is 4.79 Å². The number of nitrogens with zero attached hydrogens (tertiary/aromatic N) is 3. The van der Waals surface area contributed by atoms with Crippen LogP contribution in [0.15, 0.2) is 77.9 Å². The zero-order chi connectivity index (χ0) is 21.9. The number of benzene rings is 3. The first-order chi connectivity index (χ1) is 15.2. The number of esters is 1. The molecule has 0 aromatic heterocycles. The molecule has 0 bridgehead atoms. The van der Waals surface area contributed by atoms with Gasteiger partial charge < -0.3 is 14.2 Å². The molecule has 0 saturated carbocycles. The second-order valence-electron chi connectivity index (χ2n) is 6.61. The SMILES string of the molecule is CCOC(=O)c1cc(OCc2ccccc2)c(CN=[N+]=[N-])cc1OCc1ccccc1. The van der Waals surface area contributed by atoms with Crippen LogP contribution in [-0.2, 0) is 24.5 Å². The van der Waals surface area contributed by atoms with Crippen LogP contribution < -0.4 is 9.47 Å². The Morgan fingerprint density at radius 1 is 0.903 bits per heavy atom. The lowest BCUT2D eigenvalue weighted by molar-refractivity contribution is 0.0520. The van der Waals surface area contributed by atoms with Crippen LogP contribution in [0.4, 0.5) is 0 Å². The smallest absolute Gasteiger partial charge is 0.342 e. The molecule has 0 aliphatic rings. The van der Waals surface area contributed by atoms with E-state index in [9.17, 15) is 4.79 Å². The van der Waals surface area contributed by atoms with Gasteiger partial charge in [0.25, 0.3) is 0 Å². The van der Waals surface area contributed by atoms with E-state index in [4.69, 9.17) is 19.7 Å². The molecule has 0 atom stereocenters. The molecule has 31 heavy (non-hydrogen) atoms. The Hall–Kier alpha value is -3.96. The van der Waals surface area contributed by atoms with Gasteiger partial charge in [-0.15, -0.1) is 0 Å². The number of rotatable bonds is 10. The molecule has 0 fully saturated rings. The number of hydrogen-bond acceptors (Lipinski definition) is 5. The maximum atomic E-state index is 12.6. The summed E-state index contributed by atoms with van der Waals surface area (Å²) in [5.41, 5.74) is 11.6. The summed E-state index contributed by atoms with van der Waals surface area (Å²) in [6, 6.07) is 22.5. The van der Waals surface area contributed by atoms with E-state index in [2.05, 4.69) is 10.0 Å². The summed E-state index contributed by atoms with van der Waals surface area (Å²) in [6.07, 6.45) is 0. The maximum Gasteiger partial charge on any atom is 0.342 e. The van der Waals surface area contributed by atoms with Crippen molar-refractivity contribution in [2.45, 2.75) is 26.7 Å². The van der Waals surface area contributed by atoms with Crippen molar-refractivity contribution in [3.05, 3.63) is 105 Å². The highest BCUT2D eigenvalue weighted by atomic mass is 16.5. The Bertz CT molecular complexity index is 1050. The van der Waals surface area contributed by atoms with Gasteiger partial charge in [-0.2, -0.15) is 0 Å². The lowest BCUT2D eigenvalue weighted by Crippen LogP contribution is -2.10. The van der Waals surface area contributed by atoms with Crippen LogP contribution >= 0.6 is 0 Å². The van der Waals surface area contributed by atoms with Crippen molar-refractivity contribution >= 4 is 5.97 Å². The summed E-state index contributed by atoms with van der Waals surface area (Å²) in [5, 5.41) is 3.66. The monoisotopic (exact) mass is 417 g/mol. The zero-order valence-electron chi connectivity index (χ0n) is 17.2. The second-order valence-corrected chi connectivity index (χ2v) is 6.61. The second kappa shape index (κ2) is 11.3. The normalized spacial score (nSPS) is 10.1. The fourth-order valence-corrected chi connectivity index (χ4v) is 2.93. The lowest BCUT2D eigenvalue weighted by Gasteiger charge is -2.16. The standard InChI is InChI=1S/C24H23N3O4/c1-2-29-24(28)21-14-22(30-16-18-9-5-3-6-10-18)20(15-26-27-25)13-23(21)31-17-19-11-7-4-8-12-19/h3-14H,2,15-17H2,1H3. The lowest BCUT2D eigenvalue weighted by atomic mass is 10.1. The van der Waals surface area contributed by atoms with Crippen molar-refractivity contribution in [2.24, 2.45) is 5.11 Å².